The van der Waals surface area contributed by atoms with Crippen molar-refractivity contribution < 1.29 is 29.3 Å². The van der Waals surface area contributed by atoms with Crippen LogP contribution in [0.4, 0.5) is 0 Å². The van der Waals surface area contributed by atoms with Gasteiger partial charge in [-0.3, -0.25) is 14.4 Å². The minimum absolute atomic E-state index is 0.0809. The number of hydrogen-bond acceptors (Lipinski definition) is 4. The highest BCUT2D eigenvalue weighted by molar-refractivity contribution is 5.99. The predicted octanol–water partition coefficient (Wildman–Crippen LogP) is 7.82. The van der Waals surface area contributed by atoms with Gasteiger partial charge in [0.1, 0.15) is 6.10 Å². The number of carbonyl (C=O) groups is 3. The molecule has 1 heterocycles. The summed E-state index contributed by atoms with van der Waals surface area (Å²) in [4.78, 5) is 37.8. The summed E-state index contributed by atoms with van der Waals surface area (Å²) in [5.74, 6) is -3.72. The van der Waals surface area contributed by atoms with E-state index < -0.39 is 29.4 Å². The molecule has 214 valence electrons. The lowest BCUT2D eigenvalue weighted by atomic mass is 9.65. The first-order valence-electron chi connectivity index (χ1n) is 15.1. The van der Waals surface area contributed by atoms with Crippen LogP contribution in [0, 0.1) is 17.3 Å². The Hall–Kier alpha value is -2.37. The summed E-state index contributed by atoms with van der Waals surface area (Å²) in [6, 6.07) is 9.02. The standard InChI is InChI=1S/C32H50O6/c1-3-5-7-9-10-11-12-13-17-21-26(23-28-27(29(33)38-28)22-18-8-6-4-2)32(30(34)35,31(36)37)24-25-19-15-14-16-20-25/h14-16,19-20,26-28H,3-13,17-18,21-24H2,1-2H3,(H,34,35)(H,36,37)/t26-,27-,28-/m0/s1. The lowest BCUT2D eigenvalue weighted by Crippen LogP contribution is -2.52. The van der Waals surface area contributed by atoms with Gasteiger partial charge in [-0.15, -0.1) is 0 Å². The van der Waals surface area contributed by atoms with E-state index in [-0.39, 0.29) is 24.7 Å². The zero-order chi connectivity index (χ0) is 27.8. The minimum atomic E-state index is -1.96. The minimum Gasteiger partial charge on any atom is -0.480 e. The van der Waals surface area contributed by atoms with Crippen LogP contribution in [-0.2, 0) is 25.5 Å². The second kappa shape index (κ2) is 17.3. The molecule has 1 aliphatic rings. The Balaban J connectivity index is 2.13. The maximum absolute atomic E-state index is 12.8. The van der Waals surface area contributed by atoms with Crippen molar-refractivity contribution in [2.45, 2.75) is 129 Å². The van der Waals surface area contributed by atoms with Gasteiger partial charge in [-0.05, 0) is 37.2 Å². The summed E-state index contributed by atoms with van der Waals surface area (Å²) in [6.45, 7) is 4.35. The van der Waals surface area contributed by atoms with E-state index in [4.69, 9.17) is 4.74 Å². The summed E-state index contributed by atoms with van der Waals surface area (Å²) >= 11 is 0. The maximum atomic E-state index is 12.8. The number of aliphatic carboxylic acids is 2. The zero-order valence-electron chi connectivity index (χ0n) is 23.7. The fourth-order valence-corrected chi connectivity index (χ4v) is 5.91. The largest absolute Gasteiger partial charge is 0.480 e. The third kappa shape index (κ3) is 9.43. The molecule has 1 aromatic rings. The van der Waals surface area contributed by atoms with Crippen molar-refractivity contribution in [1.82, 2.24) is 0 Å². The van der Waals surface area contributed by atoms with Crippen molar-refractivity contribution in [1.29, 1.82) is 0 Å². The van der Waals surface area contributed by atoms with Crippen LogP contribution in [0.25, 0.3) is 0 Å². The summed E-state index contributed by atoms with van der Waals surface area (Å²) in [5.41, 5.74) is -1.27. The van der Waals surface area contributed by atoms with E-state index in [1.54, 1.807) is 24.3 Å². The third-order valence-corrected chi connectivity index (χ3v) is 8.35. The van der Waals surface area contributed by atoms with Crippen LogP contribution in [0.2, 0.25) is 0 Å². The SMILES string of the molecule is CCCCCCCCCCC[C@@H](C[C@@H]1OC(=O)[C@H]1CCCCCC)C(Cc1ccccc1)(C(=O)O)C(=O)O. The molecule has 0 aliphatic carbocycles. The number of ether oxygens (including phenoxy) is 1. The van der Waals surface area contributed by atoms with Crippen LogP contribution in [0.5, 0.6) is 0 Å². The molecule has 0 bridgehead atoms. The summed E-state index contributed by atoms with van der Waals surface area (Å²) in [5, 5.41) is 20.8. The first-order chi connectivity index (χ1) is 18.4. The predicted molar refractivity (Wildman–Crippen MR) is 150 cm³/mol. The number of benzene rings is 1. The van der Waals surface area contributed by atoms with Crippen molar-refractivity contribution in [2.24, 2.45) is 17.3 Å². The third-order valence-electron chi connectivity index (χ3n) is 8.35. The number of carboxylic acids is 2. The highest BCUT2D eigenvalue weighted by Crippen LogP contribution is 2.43. The molecule has 0 saturated carbocycles. The van der Waals surface area contributed by atoms with Crippen molar-refractivity contribution in [3.05, 3.63) is 35.9 Å². The number of carbonyl (C=O) groups excluding carboxylic acids is 1. The molecule has 1 fully saturated rings. The summed E-state index contributed by atoms with van der Waals surface area (Å²) in [7, 11) is 0. The molecule has 0 aromatic heterocycles. The molecule has 1 aliphatic heterocycles. The van der Waals surface area contributed by atoms with Crippen molar-refractivity contribution in [3.63, 3.8) is 0 Å². The molecule has 2 N–H and O–H groups in total. The van der Waals surface area contributed by atoms with Crippen LogP contribution in [0.15, 0.2) is 30.3 Å². The molecule has 0 unspecified atom stereocenters. The van der Waals surface area contributed by atoms with Crippen LogP contribution in [0.1, 0.15) is 122 Å². The van der Waals surface area contributed by atoms with Gasteiger partial charge in [-0.25, -0.2) is 0 Å². The first kappa shape index (κ1) is 31.8. The fourth-order valence-electron chi connectivity index (χ4n) is 5.91. The number of esters is 1. The molecule has 6 heteroatoms. The average Bonchev–Trinajstić information content (AvgIpc) is 2.89. The van der Waals surface area contributed by atoms with Crippen LogP contribution >= 0.6 is 0 Å². The van der Waals surface area contributed by atoms with E-state index in [2.05, 4.69) is 13.8 Å². The second-order valence-electron chi connectivity index (χ2n) is 11.2. The zero-order valence-corrected chi connectivity index (χ0v) is 23.7. The first-order valence-corrected chi connectivity index (χ1v) is 15.1. The molecular formula is C32H50O6. The molecule has 0 amide bonds. The Morgan fingerprint density at radius 3 is 1.87 bits per heavy atom. The van der Waals surface area contributed by atoms with Gasteiger partial charge in [0.05, 0.1) is 5.92 Å². The molecule has 6 nitrogen and oxygen atoms in total. The molecule has 0 radical (unpaired) electrons. The number of rotatable bonds is 22. The number of cyclic esters (lactones) is 1. The van der Waals surface area contributed by atoms with E-state index >= 15 is 0 Å². The summed E-state index contributed by atoms with van der Waals surface area (Å²) in [6.07, 6.45) is 15.4. The van der Waals surface area contributed by atoms with Crippen LogP contribution < -0.4 is 0 Å². The monoisotopic (exact) mass is 530 g/mol. The highest BCUT2D eigenvalue weighted by Gasteiger charge is 2.55. The Labute approximate surface area is 229 Å². The Morgan fingerprint density at radius 1 is 0.816 bits per heavy atom. The average molecular weight is 531 g/mol. The van der Waals surface area contributed by atoms with E-state index in [9.17, 15) is 24.6 Å². The maximum Gasteiger partial charge on any atom is 0.321 e. The quantitative estimate of drug-likeness (QED) is 0.0900. The number of unbranched alkanes of at least 4 members (excludes halogenated alkanes) is 11. The van der Waals surface area contributed by atoms with E-state index in [0.29, 0.717) is 12.0 Å². The smallest absolute Gasteiger partial charge is 0.321 e. The lowest BCUT2D eigenvalue weighted by molar-refractivity contribution is -0.190. The van der Waals surface area contributed by atoms with E-state index in [1.165, 1.54) is 32.1 Å². The number of hydrogen-bond donors (Lipinski definition) is 2. The molecule has 1 aromatic carbocycles. The summed E-state index contributed by atoms with van der Waals surface area (Å²) < 4.78 is 5.51. The van der Waals surface area contributed by atoms with Gasteiger partial charge >= 0.3 is 17.9 Å². The van der Waals surface area contributed by atoms with Gasteiger partial charge in [0.15, 0.2) is 5.41 Å². The Bertz CT molecular complexity index is 822. The lowest BCUT2D eigenvalue weighted by Gasteiger charge is -2.41. The van der Waals surface area contributed by atoms with Gasteiger partial charge in [-0.2, -0.15) is 0 Å². The van der Waals surface area contributed by atoms with Crippen molar-refractivity contribution in [3.8, 4) is 0 Å². The van der Waals surface area contributed by atoms with Crippen molar-refractivity contribution >= 4 is 17.9 Å². The van der Waals surface area contributed by atoms with Gasteiger partial charge in [0, 0.05) is 0 Å². The highest BCUT2D eigenvalue weighted by atomic mass is 16.6. The molecule has 38 heavy (non-hydrogen) atoms. The normalized spacial score (nSPS) is 18.0. The van der Waals surface area contributed by atoms with Gasteiger partial charge in [0.2, 0.25) is 0 Å². The topological polar surface area (TPSA) is 101 Å². The van der Waals surface area contributed by atoms with Crippen LogP contribution in [-0.4, -0.2) is 34.2 Å². The van der Waals surface area contributed by atoms with Crippen molar-refractivity contribution in [2.75, 3.05) is 0 Å². The van der Waals surface area contributed by atoms with Gasteiger partial charge in [0.25, 0.3) is 0 Å². The Morgan fingerprint density at radius 2 is 1.34 bits per heavy atom. The fraction of sp³-hybridized carbons (Fsp3) is 0.719. The van der Waals surface area contributed by atoms with E-state index in [0.717, 1.165) is 57.8 Å². The Kier molecular flexibility index (Phi) is 14.5. The molecular weight excluding hydrogens is 480 g/mol. The van der Waals surface area contributed by atoms with Crippen LogP contribution in [0.3, 0.4) is 0 Å². The second-order valence-corrected chi connectivity index (χ2v) is 11.2. The molecule has 0 spiro atoms. The molecule has 3 atom stereocenters. The molecule has 2 rings (SSSR count). The van der Waals surface area contributed by atoms with Gasteiger partial charge in [-0.1, -0.05) is 128 Å². The molecule has 1 saturated heterocycles. The van der Waals surface area contributed by atoms with Gasteiger partial charge < -0.3 is 14.9 Å². The van der Waals surface area contributed by atoms with E-state index in [1.807, 2.05) is 6.07 Å². The number of carboxylic acid groups (broad SMARTS) is 2.